The van der Waals surface area contributed by atoms with Gasteiger partial charge in [0.2, 0.25) is 0 Å². The number of methoxy groups -OCH3 is 1. The summed E-state index contributed by atoms with van der Waals surface area (Å²) >= 11 is 0. The first-order valence-electron chi connectivity index (χ1n) is 9.17. The van der Waals surface area contributed by atoms with E-state index in [2.05, 4.69) is 26.5 Å². The van der Waals surface area contributed by atoms with Gasteiger partial charge in [-0.15, -0.1) is 0 Å². The number of carbonyl (C=O) groups excluding carboxylic acids is 1. The van der Waals surface area contributed by atoms with Crippen LogP contribution in [0.5, 0.6) is 0 Å². The van der Waals surface area contributed by atoms with Crippen molar-refractivity contribution in [1.82, 2.24) is 0 Å². The summed E-state index contributed by atoms with van der Waals surface area (Å²) in [6.07, 6.45) is 11.0. The van der Waals surface area contributed by atoms with E-state index in [1.54, 1.807) is 0 Å². The van der Waals surface area contributed by atoms with Crippen LogP contribution in [0.25, 0.3) is 0 Å². The first kappa shape index (κ1) is 19.9. The Morgan fingerprint density at radius 2 is 2.16 bits per heavy atom. The maximum atomic E-state index is 11.9. The van der Waals surface area contributed by atoms with Crippen molar-refractivity contribution in [3.8, 4) is 0 Å². The number of rotatable bonds is 2. The zero-order chi connectivity index (χ0) is 18.7. The molecule has 25 heavy (non-hydrogen) atoms. The van der Waals surface area contributed by atoms with Gasteiger partial charge >= 0.3 is 5.97 Å². The van der Waals surface area contributed by atoms with Gasteiger partial charge in [-0.2, -0.15) is 0 Å². The fourth-order valence-corrected chi connectivity index (χ4v) is 3.50. The molecule has 4 atom stereocenters. The number of carbonyl (C=O) groups is 1. The second-order valence-electron chi connectivity index (χ2n) is 7.96. The second kappa shape index (κ2) is 7.88. The summed E-state index contributed by atoms with van der Waals surface area (Å²) in [5, 5.41) is 10.4. The molecular formula is C21H32O4. The summed E-state index contributed by atoms with van der Waals surface area (Å²) in [5.41, 5.74) is 0.817. The molecule has 0 saturated carbocycles. The predicted octanol–water partition coefficient (Wildman–Crippen LogP) is 4.10. The molecule has 0 radical (unpaired) electrons. The highest BCUT2D eigenvalue weighted by molar-refractivity contribution is 5.88. The topological polar surface area (TPSA) is 59.1 Å². The fourth-order valence-electron chi connectivity index (χ4n) is 3.50. The monoisotopic (exact) mass is 348 g/mol. The highest BCUT2D eigenvalue weighted by atomic mass is 16.6. The van der Waals surface area contributed by atoms with E-state index in [0.717, 1.165) is 32.1 Å². The number of epoxide rings is 1. The number of esters is 1. The van der Waals surface area contributed by atoms with Crippen molar-refractivity contribution in [2.75, 3.05) is 7.11 Å². The SMILES string of the molecule is C=C(C(=O)OC)[C@H]1CCC(C)=CCC[C@@](C)(O)C=CC[C@@]2(C)O[C@@H]2C1. The van der Waals surface area contributed by atoms with Crippen LogP contribution < -0.4 is 0 Å². The van der Waals surface area contributed by atoms with Gasteiger partial charge in [0.15, 0.2) is 0 Å². The lowest BCUT2D eigenvalue weighted by Gasteiger charge is -2.20. The summed E-state index contributed by atoms with van der Waals surface area (Å²) in [5.74, 6) is -0.260. The maximum Gasteiger partial charge on any atom is 0.333 e. The first-order valence-corrected chi connectivity index (χ1v) is 9.17. The minimum absolute atomic E-state index is 0.0673. The lowest BCUT2D eigenvalue weighted by Crippen LogP contribution is -2.21. The lowest BCUT2D eigenvalue weighted by atomic mass is 9.85. The zero-order valence-electron chi connectivity index (χ0n) is 16.0. The van der Waals surface area contributed by atoms with Gasteiger partial charge in [-0.05, 0) is 65.2 Å². The number of fused-ring (bicyclic) bond motifs is 1. The molecule has 1 aliphatic carbocycles. The molecule has 1 heterocycles. The van der Waals surface area contributed by atoms with Crippen LogP contribution in [0.3, 0.4) is 0 Å². The van der Waals surface area contributed by atoms with Crippen LogP contribution in [0.2, 0.25) is 0 Å². The Labute approximate surface area is 151 Å². The van der Waals surface area contributed by atoms with Crippen LogP contribution in [0.1, 0.15) is 59.3 Å². The Morgan fingerprint density at radius 3 is 2.84 bits per heavy atom. The molecule has 4 nitrogen and oxygen atoms in total. The van der Waals surface area contributed by atoms with Gasteiger partial charge in [-0.3, -0.25) is 0 Å². The molecule has 4 heteroatoms. The molecule has 0 amide bonds. The van der Waals surface area contributed by atoms with E-state index >= 15 is 0 Å². The second-order valence-corrected chi connectivity index (χ2v) is 7.96. The van der Waals surface area contributed by atoms with Gasteiger partial charge in [0.25, 0.3) is 0 Å². The molecule has 2 rings (SSSR count). The predicted molar refractivity (Wildman–Crippen MR) is 99.1 cm³/mol. The fraction of sp³-hybridized carbons (Fsp3) is 0.667. The Bertz CT molecular complexity index is 572. The Kier molecular flexibility index (Phi) is 6.28. The van der Waals surface area contributed by atoms with Crippen molar-refractivity contribution in [2.24, 2.45) is 5.92 Å². The average molecular weight is 348 g/mol. The normalized spacial score (nSPS) is 36.6. The number of aliphatic hydroxyl groups is 1. The summed E-state index contributed by atoms with van der Waals surface area (Å²) < 4.78 is 10.8. The molecule has 0 aromatic carbocycles. The first-order chi connectivity index (χ1) is 11.7. The van der Waals surface area contributed by atoms with Crippen molar-refractivity contribution < 1.29 is 19.4 Å². The third-order valence-electron chi connectivity index (χ3n) is 5.50. The van der Waals surface area contributed by atoms with Gasteiger partial charge in [0.05, 0.1) is 24.4 Å². The molecule has 1 fully saturated rings. The highest BCUT2D eigenvalue weighted by Crippen LogP contribution is 2.45. The van der Waals surface area contributed by atoms with Crippen molar-refractivity contribution in [3.63, 3.8) is 0 Å². The van der Waals surface area contributed by atoms with E-state index < -0.39 is 5.60 Å². The zero-order valence-corrected chi connectivity index (χ0v) is 16.0. The maximum absolute atomic E-state index is 11.9. The van der Waals surface area contributed by atoms with Crippen LogP contribution in [-0.2, 0) is 14.3 Å². The smallest absolute Gasteiger partial charge is 0.333 e. The van der Waals surface area contributed by atoms with E-state index in [1.807, 2.05) is 19.1 Å². The summed E-state index contributed by atoms with van der Waals surface area (Å²) in [6.45, 7) is 10.0. The third-order valence-corrected chi connectivity index (χ3v) is 5.50. The largest absolute Gasteiger partial charge is 0.466 e. The highest BCUT2D eigenvalue weighted by Gasteiger charge is 2.52. The number of hydrogen-bond acceptors (Lipinski definition) is 4. The van der Waals surface area contributed by atoms with Crippen LogP contribution in [-0.4, -0.2) is 35.5 Å². The molecular weight excluding hydrogens is 316 g/mol. The molecule has 0 bridgehead atoms. The van der Waals surface area contributed by atoms with Crippen molar-refractivity contribution in [2.45, 2.75) is 76.6 Å². The summed E-state index contributed by atoms with van der Waals surface area (Å²) in [4.78, 5) is 11.9. The number of ether oxygens (including phenoxy) is 2. The van der Waals surface area contributed by atoms with Gasteiger partial charge in [0.1, 0.15) is 0 Å². The quantitative estimate of drug-likeness (QED) is 0.353. The van der Waals surface area contributed by atoms with Gasteiger partial charge in [-0.1, -0.05) is 30.4 Å². The van der Waals surface area contributed by atoms with Crippen LogP contribution in [0.4, 0.5) is 0 Å². The van der Waals surface area contributed by atoms with Gasteiger partial charge in [-0.25, -0.2) is 4.79 Å². The molecule has 1 N–H and O–H groups in total. The van der Waals surface area contributed by atoms with E-state index in [0.29, 0.717) is 12.0 Å². The average Bonchev–Trinajstić information content (AvgIpc) is 3.18. The van der Waals surface area contributed by atoms with E-state index in [-0.39, 0.29) is 23.6 Å². The summed E-state index contributed by atoms with van der Waals surface area (Å²) in [6, 6.07) is 0. The molecule has 140 valence electrons. The van der Waals surface area contributed by atoms with E-state index in [9.17, 15) is 9.90 Å². The lowest BCUT2D eigenvalue weighted by molar-refractivity contribution is -0.136. The standard InChI is InChI=1S/C21H32O4/c1-15-8-6-11-20(3,23)12-7-13-21(4)18(25-21)14-17(10-9-15)16(2)19(22)24-5/h7-8,12,17-18,23H,2,6,9-11,13-14H2,1,3-5H3/t17-,18+,20+,21+/m0/s1. The Balaban J connectivity index is 2.15. The number of allylic oxidation sites excluding steroid dienone is 2. The third kappa shape index (κ3) is 5.55. The van der Waals surface area contributed by atoms with Gasteiger partial charge in [0, 0.05) is 5.57 Å². The van der Waals surface area contributed by atoms with Crippen LogP contribution >= 0.6 is 0 Å². The molecule has 0 aromatic rings. The molecule has 1 saturated heterocycles. The molecule has 0 unspecified atom stereocenters. The molecule has 0 aromatic heterocycles. The van der Waals surface area contributed by atoms with E-state index in [1.165, 1.54) is 12.7 Å². The van der Waals surface area contributed by atoms with Crippen molar-refractivity contribution >= 4 is 5.97 Å². The number of hydrogen-bond donors (Lipinski definition) is 1. The minimum Gasteiger partial charge on any atom is -0.466 e. The molecule has 0 spiro atoms. The van der Waals surface area contributed by atoms with Gasteiger partial charge < -0.3 is 14.6 Å². The van der Waals surface area contributed by atoms with Crippen molar-refractivity contribution in [1.29, 1.82) is 0 Å². The Hall–Kier alpha value is -1.39. The van der Waals surface area contributed by atoms with Crippen LogP contribution in [0.15, 0.2) is 36.0 Å². The summed E-state index contributed by atoms with van der Waals surface area (Å²) in [7, 11) is 1.40. The van der Waals surface area contributed by atoms with E-state index in [4.69, 9.17) is 9.47 Å². The molecule has 2 aliphatic rings. The Morgan fingerprint density at radius 1 is 1.44 bits per heavy atom. The van der Waals surface area contributed by atoms with Crippen molar-refractivity contribution in [3.05, 3.63) is 36.0 Å². The minimum atomic E-state index is -0.788. The molecule has 1 aliphatic heterocycles. The van der Waals surface area contributed by atoms with Crippen LogP contribution in [0, 0.1) is 5.92 Å².